The number of hydrogen-bond acceptors (Lipinski definition) is 6. The summed E-state index contributed by atoms with van der Waals surface area (Å²) in [4.78, 5) is 32.5. The van der Waals surface area contributed by atoms with Gasteiger partial charge in [0.2, 0.25) is 0 Å². The standard InChI is InChI=1S/C26H24ClFN4O4S/c1-13-22(27)21-17(32(13)26(34)30-14-3-4-14)5-6-18(23(21)28)36-19-7-9-29-16-11-20(37-24(16)19)25(33)31-10-8-15(12-31)35-2/h5-7,9,11,14-15H,3-4,8,10,12H2,1-2H3,(H,30,34)/t15-/m0/s1. The van der Waals surface area contributed by atoms with Crippen LogP contribution in [-0.2, 0) is 4.74 Å². The minimum Gasteiger partial charge on any atom is -0.453 e. The summed E-state index contributed by atoms with van der Waals surface area (Å²) in [5, 5.41) is 3.20. The third-order valence-electron chi connectivity index (χ3n) is 6.88. The smallest absolute Gasteiger partial charge is 0.326 e. The zero-order valence-electron chi connectivity index (χ0n) is 20.2. The molecule has 4 aromatic rings. The van der Waals surface area contributed by atoms with E-state index in [1.807, 2.05) is 0 Å². The van der Waals surface area contributed by atoms with E-state index in [1.165, 1.54) is 22.0 Å². The van der Waals surface area contributed by atoms with Crippen LogP contribution in [0.3, 0.4) is 0 Å². The van der Waals surface area contributed by atoms with Gasteiger partial charge >= 0.3 is 6.03 Å². The molecule has 8 nitrogen and oxygen atoms in total. The van der Waals surface area contributed by atoms with Crippen molar-refractivity contribution in [3.8, 4) is 11.5 Å². The number of hydrogen-bond donors (Lipinski definition) is 1. The Morgan fingerprint density at radius 3 is 2.76 bits per heavy atom. The minimum atomic E-state index is -0.663. The number of fused-ring (bicyclic) bond motifs is 2. The summed E-state index contributed by atoms with van der Waals surface area (Å²) in [7, 11) is 1.65. The number of ether oxygens (including phenoxy) is 2. The van der Waals surface area contributed by atoms with Crippen LogP contribution in [0.25, 0.3) is 21.1 Å². The fourth-order valence-electron chi connectivity index (χ4n) is 4.69. The molecule has 1 N–H and O–H groups in total. The number of nitrogens with one attached hydrogen (secondary N) is 1. The van der Waals surface area contributed by atoms with Gasteiger partial charge in [-0.3, -0.25) is 14.3 Å². The summed E-state index contributed by atoms with van der Waals surface area (Å²) in [5.74, 6) is -0.411. The number of halogens is 2. The van der Waals surface area contributed by atoms with E-state index >= 15 is 4.39 Å². The molecule has 4 heterocycles. The zero-order chi connectivity index (χ0) is 25.8. The Bertz CT molecular complexity index is 1560. The van der Waals surface area contributed by atoms with Gasteiger partial charge in [-0.15, -0.1) is 11.3 Å². The summed E-state index contributed by atoms with van der Waals surface area (Å²) >= 11 is 7.74. The highest BCUT2D eigenvalue weighted by Crippen LogP contribution is 2.40. The number of carbonyl (C=O) groups excluding carboxylic acids is 2. The molecule has 0 spiro atoms. The highest BCUT2D eigenvalue weighted by atomic mass is 35.5. The van der Waals surface area contributed by atoms with Crippen LogP contribution >= 0.6 is 22.9 Å². The summed E-state index contributed by atoms with van der Waals surface area (Å²) in [6.45, 7) is 2.86. The Kier molecular flexibility index (Phi) is 6.05. The number of thiophene rings is 1. The van der Waals surface area contributed by atoms with E-state index in [1.54, 1.807) is 43.3 Å². The monoisotopic (exact) mass is 542 g/mol. The first-order chi connectivity index (χ1) is 17.9. The molecule has 192 valence electrons. The maximum Gasteiger partial charge on any atom is 0.326 e. The van der Waals surface area contributed by atoms with Crippen molar-refractivity contribution in [3.05, 3.63) is 51.9 Å². The number of aromatic nitrogens is 2. The van der Waals surface area contributed by atoms with Crippen LogP contribution in [0.15, 0.2) is 30.5 Å². The van der Waals surface area contributed by atoms with Gasteiger partial charge in [-0.2, -0.15) is 0 Å². The highest BCUT2D eigenvalue weighted by molar-refractivity contribution is 7.21. The molecule has 0 radical (unpaired) electrons. The van der Waals surface area contributed by atoms with Crippen LogP contribution in [0, 0.1) is 12.7 Å². The number of nitrogens with zero attached hydrogens (tertiary/aromatic N) is 3. The number of pyridine rings is 1. The quantitative estimate of drug-likeness (QED) is 0.348. The second-order valence-electron chi connectivity index (χ2n) is 9.36. The molecule has 1 aliphatic heterocycles. The van der Waals surface area contributed by atoms with E-state index in [0.717, 1.165) is 19.3 Å². The van der Waals surface area contributed by atoms with Gasteiger partial charge in [0.25, 0.3) is 5.91 Å². The lowest BCUT2D eigenvalue weighted by atomic mass is 10.2. The topological polar surface area (TPSA) is 85.7 Å². The van der Waals surface area contributed by atoms with Gasteiger partial charge < -0.3 is 19.7 Å². The normalized spacial score (nSPS) is 17.6. The zero-order valence-corrected chi connectivity index (χ0v) is 21.8. The lowest BCUT2D eigenvalue weighted by Crippen LogP contribution is -2.30. The molecule has 1 aromatic carbocycles. The van der Waals surface area contributed by atoms with Crippen LogP contribution < -0.4 is 10.1 Å². The molecular formula is C26H24ClFN4O4S. The predicted molar refractivity (Wildman–Crippen MR) is 140 cm³/mol. The molecule has 37 heavy (non-hydrogen) atoms. The minimum absolute atomic E-state index is 0.0367. The van der Waals surface area contributed by atoms with E-state index in [4.69, 9.17) is 21.1 Å². The molecule has 1 aliphatic carbocycles. The van der Waals surface area contributed by atoms with Gasteiger partial charge in [-0.1, -0.05) is 11.6 Å². The van der Waals surface area contributed by atoms with E-state index in [0.29, 0.717) is 45.1 Å². The van der Waals surface area contributed by atoms with E-state index in [-0.39, 0.29) is 40.2 Å². The Morgan fingerprint density at radius 1 is 1.22 bits per heavy atom. The average Bonchev–Trinajstić information content (AvgIpc) is 3.29. The molecule has 1 saturated heterocycles. The number of amides is 2. The van der Waals surface area contributed by atoms with Crippen molar-refractivity contribution in [1.29, 1.82) is 0 Å². The Morgan fingerprint density at radius 2 is 2.03 bits per heavy atom. The van der Waals surface area contributed by atoms with Gasteiger partial charge in [0.1, 0.15) is 5.75 Å². The molecule has 11 heteroatoms. The number of likely N-dealkylation sites (tertiary alicyclic amines) is 1. The molecule has 6 rings (SSSR count). The fraction of sp³-hybridized carbons (Fsp3) is 0.346. The van der Waals surface area contributed by atoms with Gasteiger partial charge in [-0.25, -0.2) is 9.18 Å². The fourth-order valence-corrected chi connectivity index (χ4v) is 5.99. The van der Waals surface area contributed by atoms with E-state index in [2.05, 4.69) is 10.3 Å². The van der Waals surface area contributed by atoms with Gasteiger partial charge in [0.05, 0.1) is 37.1 Å². The molecule has 2 fully saturated rings. The third-order valence-corrected chi connectivity index (χ3v) is 8.47. The van der Waals surface area contributed by atoms with Crippen molar-refractivity contribution < 1.29 is 23.5 Å². The van der Waals surface area contributed by atoms with Gasteiger partial charge in [0.15, 0.2) is 11.6 Å². The summed E-state index contributed by atoms with van der Waals surface area (Å²) < 4.78 is 29.1. The van der Waals surface area contributed by atoms with Crippen LogP contribution in [0.4, 0.5) is 9.18 Å². The van der Waals surface area contributed by atoms with Crippen molar-refractivity contribution in [2.75, 3.05) is 20.2 Å². The van der Waals surface area contributed by atoms with Gasteiger partial charge in [0, 0.05) is 44.2 Å². The number of benzene rings is 1. The molecule has 1 atom stereocenters. The van der Waals surface area contributed by atoms with Crippen molar-refractivity contribution >= 4 is 56.0 Å². The number of rotatable bonds is 5. The van der Waals surface area contributed by atoms with Crippen LogP contribution in [0.5, 0.6) is 11.5 Å². The largest absolute Gasteiger partial charge is 0.453 e. The lowest BCUT2D eigenvalue weighted by Gasteiger charge is -2.14. The summed E-state index contributed by atoms with van der Waals surface area (Å²) in [6.07, 6.45) is 4.27. The SMILES string of the molecule is CO[C@H]1CCN(C(=O)c2cc3nccc(Oc4ccc5c(c4F)c(Cl)c(C)n5C(=O)NC4CC4)c3s2)C1. The van der Waals surface area contributed by atoms with Gasteiger partial charge in [-0.05, 0) is 44.4 Å². The van der Waals surface area contributed by atoms with Crippen molar-refractivity contribution in [3.63, 3.8) is 0 Å². The van der Waals surface area contributed by atoms with Crippen molar-refractivity contribution in [1.82, 2.24) is 19.8 Å². The van der Waals surface area contributed by atoms with Crippen molar-refractivity contribution in [2.45, 2.75) is 38.3 Å². The maximum atomic E-state index is 15.7. The Hall–Kier alpha value is -3.21. The summed E-state index contributed by atoms with van der Waals surface area (Å²) in [5.41, 5.74) is 1.41. The average molecular weight is 543 g/mol. The second-order valence-corrected chi connectivity index (χ2v) is 10.8. The predicted octanol–water partition coefficient (Wildman–Crippen LogP) is 5.73. The Labute approximate surface area is 220 Å². The number of methoxy groups -OCH3 is 1. The van der Waals surface area contributed by atoms with Crippen LogP contribution in [-0.4, -0.2) is 58.7 Å². The molecule has 2 aliphatic rings. The molecule has 0 unspecified atom stereocenters. The lowest BCUT2D eigenvalue weighted by molar-refractivity contribution is 0.0728. The molecule has 3 aromatic heterocycles. The maximum absolute atomic E-state index is 15.7. The first-order valence-electron chi connectivity index (χ1n) is 12.0. The van der Waals surface area contributed by atoms with Crippen molar-refractivity contribution in [2.24, 2.45) is 0 Å². The second kappa shape index (κ2) is 9.27. The molecular weight excluding hydrogens is 519 g/mol. The highest BCUT2D eigenvalue weighted by Gasteiger charge is 2.29. The van der Waals surface area contributed by atoms with Crippen LogP contribution in [0.2, 0.25) is 5.02 Å². The first kappa shape index (κ1) is 24.1. The summed E-state index contributed by atoms with van der Waals surface area (Å²) in [6, 6.07) is 6.30. The molecule has 2 amide bonds. The Balaban J connectivity index is 1.33. The van der Waals surface area contributed by atoms with Crippen LogP contribution in [0.1, 0.15) is 34.6 Å². The van der Waals surface area contributed by atoms with E-state index in [9.17, 15) is 9.59 Å². The molecule has 0 bridgehead atoms. The third kappa shape index (κ3) is 4.22. The molecule has 1 saturated carbocycles. The van der Waals surface area contributed by atoms with E-state index < -0.39 is 5.82 Å². The number of carbonyl (C=O) groups is 2. The first-order valence-corrected chi connectivity index (χ1v) is 13.2.